The van der Waals surface area contributed by atoms with Crippen molar-refractivity contribution in [3.63, 3.8) is 0 Å². The summed E-state index contributed by atoms with van der Waals surface area (Å²) >= 11 is 0. The molecule has 1 heterocycles. The fourth-order valence-corrected chi connectivity index (χ4v) is 2.54. The van der Waals surface area contributed by atoms with Crippen LogP contribution in [0.15, 0.2) is 48.9 Å². The fourth-order valence-electron chi connectivity index (χ4n) is 2.54. The largest absolute Gasteiger partial charge is 0.470 e. The Balaban J connectivity index is 1.69. The number of hydrogen-bond acceptors (Lipinski definition) is 2. The molecule has 1 aliphatic carbocycles. The first-order valence-electron chi connectivity index (χ1n) is 6.96. The predicted octanol–water partition coefficient (Wildman–Crippen LogP) is 2.74. The zero-order chi connectivity index (χ0) is 12.9. The second kappa shape index (κ2) is 5.83. The zero-order valence-electron chi connectivity index (χ0n) is 11.0. The Bertz CT molecular complexity index is 521. The van der Waals surface area contributed by atoms with E-state index in [2.05, 4.69) is 33.8 Å². The Morgan fingerprint density at radius 3 is 2.74 bits per heavy atom. The highest BCUT2D eigenvalue weighted by molar-refractivity contribution is 5.13. The van der Waals surface area contributed by atoms with Crippen LogP contribution in [0.2, 0.25) is 0 Å². The van der Waals surface area contributed by atoms with Crippen LogP contribution in [0.1, 0.15) is 31.2 Å². The molecule has 1 saturated carbocycles. The molecule has 0 bridgehead atoms. The first kappa shape index (κ1) is 12.2. The van der Waals surface area contributed by atoms with E-state index < -0.39 is 0 Å². The molecule has 1 fully saturated rings. The minimum absolute atomic E-state index is 0.361. The highest BCUT2D eigenvalue weighted by Crippen LogP contribution is 2.22. The minimum Gasteiger partial charge on any atom is -0.470 e. The lowest BCUT2D eigenvalue weighted by atomic mass is 10.2. The quantitative estimate of drug-likeness (QED) is 0.785. The van der Waals surface area contributed by atoms with Gasteiger partial charge in [-0.3, -0.25) is 0 Å². The van der Waals surface area contributed by atoms with Gasteiger partial charge in [0.2, 0.25) is 6.20 Å². The van der Waals surface area contributed by atoms with Crippen LogP contribution in [0.25, 0.3) is 0 Å². The standard InChI is InChI=1S/C16H19N2O/c1-2-6-14(7-3-1)12-18-11-10-17-16(13-18)19-15-8-4-5-9-15/h1-3,6-7,10-11,13,15H,4-5,8-9,12H2/q+1. The summed E-state index contributed by atoms with van der Waals surface area (Å²) in [6, 6.07) is 10.4. The number of rotatable bonds is 4. The molecule has 98 valence electrons. The van der Waals surface area contributed by atoms with Gasteiger partial charge in [-0.25, -0.2) is 4.98 Å². The van der Waals surface area contributed by atoms with Crippen molar-refractivity contribution in [2.24, 2.45) is 0 Å². The van der Waals surface area contributed by atoms with Crippen molar-refractivity contribution in [2.45, 2.75) is 38.3 Å². The summed E-state index contributed by atoms with van der Waals surface area (Å²) in [7, 11) is 0. The Morgan fingerprint density at radius 2 is 1.95 bits per heavy atom. The van der Waals surface area contributed by atoms with Crippen LogP contribution in [-0.2, 0) is 6.54 Å². The average molecular weight is 255 g/mol. The minimum atomic E-state index is 0.361. The van der Waals surface area contributed by atoms with Crippen LogP contribution in [0.4, 0.5) is 0 Å². The van der Waals surface area contributed by atoms with Gasteiger partial charge in [0.15, 0.2) is 12.7 Å². The second-order valence-electron chi connectivity index (χ2n) is 5.08. The van der Waals surface area contributed by atoms with Gasteiger partial charge in [0.1, 0.15) is 6.10 Å². The number of hydrogen-bond donors (Lipinski definition) is 0. The molecule has 19 heavy (non-hydrogen) atoms. The highest BCUT2D eigenvalue weighted by atomic mass is 16.5. The van der Waals surface area contributed by atoms with Crippen LogP contribution in [-0.4, -0.2) is 11.1 Å². The van der Waals surface area contributed by atoms with E-state index in [1.165, 1.54) is 18.4 Å². The van der Waals surface area contributed by atoms with E-state index in [1.807, 2.05) is 24.7 Å². The lowest BCUT2D eigenvalue weighted by molar-refractivity contribution is -0.689. The summed E-state index contributed by atoms with van der Waals surface area (Å²) < 4.78 is 8.04. The van der Waals surface area contributed by atoms with E-state index in [9.17, 15) is 0 Å². The molecule has 0 amide bonds. The lowest BCUT2D eigenvalue weighted by Gasteiger charge is -2.10. The summed E-state index contributed by atoms with van der Waals surface area (Å²) in [6.45, 7) is 0.852. The molecular weight excluding hydrogens is 236 g/mol. The summed E-state index contributed by atoms with van der Waals surface area (Å²) in [6.07, 6.45) is 11.0. The summed E-state index contributed by atoms with van der Waals surface area (Å²) in [5.41, 5.74) is 1.28. The van der Waals surface area contributed by atoms with Gasteiger partial charge in [-0.15, -0.1) is 0 Å². The van der Waals surface area contributed by atoms with Crippen LogP contribution in [0.5, 0.6) is 5.88 Å². The highest BCUT2D eigenvalue weighted by Gasteiger charge is 2.18. The lowest BCUT2D eigenvalue weighted by Crippen LogP contribution is -2.34. The molecule has 1 aliphatic rings. The van der Waals surface area contributed by atoms with E-state index in [-0.39, 0.29) is 0 Å². The molecule has 3 rings (SSSR count). The van der Waals surface area contributed by atoms with E-state index in [4.69, 9.17) is 4.74 Å². The zero-order valence-corrected chi connectivity index (χ0v) is 11.0. The maximum atomic E-state index is 5.92. The Labute approximate surface area is 113 Å². The summed E-state index contributed by atoms with van der Waals surface area (Å²) in [4.78, 5) is 4.30. The number of aromatic nitrogens is 2. The first-order valence-corrected chi connectivity index (χ1v) is 6.96. The molecule has 0 radical (unpaired) electrons. The van der Waals surface area contributed by atoms with E-state index >= 15 is 0 Å². The summed E-state index contributed by atoms with van der Waals surface area (Å²) in [5, 5.41) is 0. The summed E-state index contributed by atoms with van der Waals surface area (Å²) in [5.74, 6) is 0.741. The van der Waals surface area contributed by atoms with E-state index in [1.54, 1.807) is 0 Å². The van der Waals surface area contributed by atoms with Crippen LogP contribution < -0.4 is 9.30 Å². The smallest absolute Gasteiger partial charge is 0.280 e. The molecule has 0 N–H and O–H groups in total. The van der Waals surface area contributed by atoms with Crippen molar-refractivity contribution in [1.29, 1.82) is 0 Å². The van der Waals surface area contributed by atoms with Gasteiger partial charge in [0.05, 0.1) is 6.20 Å². The number of nitrogens with zero attached hydrogens (tertiary/aromatic N) is 2. The third kappa shape index (κ3) is 3.31. The fraction of sp³-hybridized carbons (Fsp3) is 0.375. The van der Waals surface area contributed by atoms with E-state index in [0.29, 0.717) is 6.10 Å². The van der Waals surface area contributed by atoms with Gasteiger partial charge in [-0.05, 0) is 25.7 Å². The number of ether oxygens (including phenoxy) is 1. The Kier molecular flexibility index (Phi) is 3.73. The molecule has 2 aromatic rings. The molecule has 1 aromatic heterocycles. The van der Waals surface area contributed by atoms with Crippen molar-refractivity contribution in [1.82, 2.24) is 4.98 Å². The Morgan fingerprint density at radius 1 is 1.16 bits per heavy atom. The van der Waals surface area contributed by atoms with Crippen molar-refractivity contribution in [3.8, 4) is 5.88 Å². The SMILES string of the molecule is c1ccc(C[n+]2ccnc(OC3CCCC3)c2)cc1. The molecule has 0 saturated heterocycles. The normalized spacial score (nSPS) is 15.6. The third-order valence-corrected chi connectivity index (χ3v) is 3.53. The van der Waals surface area contributed by atoms with Crippen LogP contribution in [0.3, 0.4) is 0 Å². The molecule has 3 heteroatoms. The van der Waals surface area contributed by atoms with Crippen molar-refractivity contribution in [2.75, 3.05) is 0 Å². The first-order chi connectivity index (χ1) is 9.40. The van der Waals surface area contributed by atoms with Crippen molar-refractivity contribution < 1.29 is 9.30 Å². The van der Waals surface area contributed by atoms with Crippen molar-refractivity contribution in [3.05, 3.63) is 54.5 Å². The molecule has 0 unspecified atom stereocenters. The maximum Gasteiger partial charge on any atom is 0.280 e. The van der Waals surface area contributed by atoms with Crippen molar-refractivity contribution >= 4 is 0 Å². The van der Waals surface area contributed by atoms with Crippen LogP contribution >= 0.6 is 0 Å². The van der Waals surface area contributed by atoms with Gasteiger partial charge < -0.3 is 4.74 Å². The second-order valence-corrected chi connectivity index (χ2v) is 5.08. The topological polar surface area (TPSA) is 26.0 Å². The molecule has 3 nitrogen and oxygen atoms in total. The number of benzene rings is 1. The van der Waals surface area contributed by atoms with Crippen LogP contribution in [0, 0.1) is 0 Å². The van der Waals surface area contributed by atoms with Gasteiger partial charge >= 0.3 is 0 Å². The van der Waals surface area contributed by atoms with Gasteiger partial charge in [0.25, 0.3) is 5.88 Å². The maximum absolute atomic E-state index is 5.92. The van der Waals surface area contributed by atoms with E-state index in [0.717, 1.165) is 25.3 Å². The third-order valence-electron chi connectivity index (χ3n) is 3.53. The average Bonchev–Trinajstić information content (AvgIpc) is 2.93. The Hall–Kier alpha value is -1.90. The van der Waals surface area contributed by atoms with Gasteiger partial charge in [-0.1, -0.05) is 30.3 Å². The molecule has 0 aliphatic heterocycles. The molecule has 1 aromatic carbocycles. The predicted molar refractivity (Wildman–Crippen MR) is 72.9 cm³/mol. The van der Waals surface area contributed by atoms with Gasteiger partial charge in [-0.2, -0.15) is 4.57 Å². The monoisotopic (exact) mass is 255 g/mol. The molecule has 0 atom stereocenters. The van der Waals surface area contributed by atoms with Gasteiger partial charge in [0, 0.05) is 5.56 Å². The molecular formula is C16H19N2O+. The molecule has 0 spiro atoms.